The lowest BCUT2D eigenvalue weighted by Gasteiger charge is -2.25. The maximum absolute atomic E-state index is 11.7. The van der Waals surface area contributed by atoms with Crippen molar-refractivity contribution in [3.63, 3.8) is 0 Å². The zero-order chi connectivity index (χ0) is 14.9. The maximum Gasteiger partial charge on any atom is 0.360 e. The molecule has 1 aromatic heterocycles. The van der Waals surface area contributed by atoms with Crippen molar-refractivity contribution in [1.82, 2.24) is 9.55 Å². The van der Waals surface area contributed by atoms with Crippen LogP contribution >= 0.6 is 0 Å². The van der Waals surface area contributed by atoms with Crippen molar-refractivity contribution >= 4 is 21.6 Å². The molecule has 0 amide bonds. The molecule has 2 rings (SSSR count). The van der Waals surface area contributed by atoms with Crippen LogP contribution in [-0.4, -0.2) is 42.1 Å². The molecule has 1 aliphatic rings. The first-order valence-electron chi connectivity index (χ1n) is 6.57. The van der Waals surface area contributed by atoms with E-state index in [0.29, 0.717) is 18.7 Å². The first-order chi connectivity index (χ1) is 9.35. The highest BCUT2D eigenvalue weighted by atomic mass is 32.2. The number of aryl methyl sites for hydroxylation is 1. The molecule has 1 atom stereocenters. The molecule has 0 spiro atoms. The number of aromatic nitrogens is 2. The number of sulfone groups is 1. The number of imidazole rings is 1. The fourth-order valence-electron chi connectivity index (χ4n) is 2.57. The third-order valence-corrected chi connectivity index (χ3v) is 5.20. The fraction of sp³-hybridized carbons (Fsp3) is 0.667. The third-order valence-electron chi connectivity index (χ3n) is 3.40. The van der Waals surface area contributed by atoms with E-state index in [1.807, 2.05) is 0 Å². The van der Waals surface area contributed by atoms with Crippen LogP contribution in [0, 0.1) is 6.92 Å². The van der Waals surface area contributed by atoms with Gasteiger partial charge in [-0.15, -0.1) is 0 Å². The number of nitrogens with two attached hydrogens (primary N) is 1. The molecule has 1 saturated heterocycles. The Labute approximate surface area is 118 Å². The Kier molecular flexibility index (Phi) is 4.03. The maximum atomic E-state index is 11.7. The number of nitrogens with zero attached hydrogens (tertiary/aromatic N) is 2. The summed E-state index contributed by atoms with van der Waals surface area (Å²) in [7, 11) is -3.06. The van der Waals surface area contributed by atoms with E-state index in [9.17, 15) is 13.2 Å². The smallest absolute Gasteiger partial charge is 0.360 e. The van der Waals surface area contributed by atoms with Crippen LogP contribution < -0.4 is 5.73 Å². The first kappa shape index (κ1) is 14.8. The van der Waals surface area contributed by atoms with Gasteiger partial charge in [0.1, 0.15) is 11.6 Å². The zero-order valence-electron chi connectivity index (χ0n) is 11.6. The normalized spacial score (nSPS) is 21.6. The van der Waals surface area contributed by atoms with Crippen molar-refractivity contribution in [3.05, 3.63) is 11.5 Å². The number of carbonyl (C=O) groups excluding carboxylic acids is 1. The minimum atomic E-state index is -3.06. The zero-order valence-corrected chi connectivity index (χ0v) is 12.4. The highest BCUT2D eigenvalue weighted by Gasteiger charge is 2.30. The minimum Gasteiger partial charge on any atom is -0.461 e. The standard InChI is InChI=1S/C12H19N3O4S/c1-3-19-12(16)10-11(13)15(8(2)14-10)9-5-4-6-20(17,18)7-9/h9H,3-7,13H2,1-2H3. The van der Waals surface area contributed by atoms with Gasteiger partial charge in [-0.1, -0.05) is 0 Å². The lowest BCUT2D eigenvalue weighted by atomic mass is 10.2. The van der Waals surface area contributed by atoms with E-state index in [1.165, 1.54) is 0 Å². The molecule has 0 saturated carbocycles. The van der Waals surface area contributed by atoms with Gasteiger partial charge in [0, 0.05) is 0 Å². The molecule has 112 valence electrons. The quantitative estimate of drug-likeness (QED) is 0.824. The monoisotopic (exact) mass is 301 g/mol. The molecule has 0 aliphatic carbocycles. The second kappa shape index (κ2) is 5.43. The molecule has 20 heavy (non-hydrogen) atoms. The average Bonchev–Trinajstić information content (AvgIpc) is 2.64. The summed E-state index contributed by atoms with van der Waals surface area (Å²) in [6.07, 6.45) is 1.31. The molecule has 2 N–H and O–H groups in total. The molecule has 1 fully saturated rings. The number of esters is 1. The molecule has 1 aliphatic heterocycles. The van der Waals surface area contributed by atoms with Crippen LogP contribution in [0.5, 0.6) is 0 Å². The van der Waals surface area contributed by atoms with Gasteiger partial charge in [-0.2, -0.15) is 0 Å². The first-order valence-corrected chi connectivity index (χ1v) is 8.39. The van der Waals surface area contributed by atoms with Gasteiger partial charge in [0.2, 0.25) is 0 Å². The Balaban J connectivity index is 2.35. The summed E-state index contributed by atoms with van der Waals surface area (Å²) < 4.78 is 30.0. The number of anilines is 1. The van der Waals surface area contributed by atoms with Crippen molar-refractivity contribution < 1.29 is 17.9 Å². The molecule has 0 bridgehead atoms. The van der Waals surface area contributed by atoms with Crippen LogP contribution in [-0.2, 0) is 14.6 Å². The number of hydrogen-bond donors (Lipinski definition) is 1. The van der Waals surface area contributed by atoms with Crippen molar-refractivity contribution in [2.45, 2.75) is 32.7 Å². The lowest BCUT2D eigenvalue weighted by molar-refractivity contribution is 0.0521. The van der Waals surface area contributed by atoms with Gasteiger partial charge in [-0.05, 0) is 26.7 Å². The van der Waals surface area contributed by atoms with E-state index in [0.717, 1.165) is 0 Å². The van der Waals surface area contributed by atoms with Crippen LogP contribution in [0.1, 0.15) is 42.1 Å². The fourth-order valence-corrected chi connectivity index (χ4v) is 4.25. The van der Waals surface area contributed by atoms with Gasteiger partial charge in [0.25, 0.3) is 0 Å². The average molecular weight is 301 g/mol. The molecule has 2 heterocycles. The molecule has 0 radical (unpaired) electrons. The van der Waals surface area contributed by atoms with Crippen LogP contribution in [0.25, 0.3) is 0 Å². The highest BCUT2D eigenvalue weighted by Crippen LogP contribution is 2.29. The summed E-state index contributed by atoms with van der Waals surface area (Å²) in [4.78, 5) is 15.9. The number of rotatable bonds is 3. The van der Waals surface area contributed by atoms with E-state index in [1.54, 1.807) is 18.4 Å². The van der Waals surface area contributed by atoms with Gasteiger partial charge in [-0.25, -0.2) is 18.2 Å². The van der Waals surface area contributed by atoms with E-state index < -0.39 is 15.8 Å². The molecular weight excluding hydrogens is 282 g/mol. The van der Waals surface area contributed by atoms with Gasteiger partial charge < -0.3 is 15.0 Å². The summed E-state index contributed by atoms with van der Waals surface area (Å²) >= 11 is 0. The van der Waals surface area contributed by atoms with Crippen LogP contribution in [0.4, 0.5) is 5.82 Å². The summed E-state index contributed by atoms with van der Waals surface area (Å²) in [5.74, 6) is 0.389. The Morgan fingerprint density at radius 2 is 2.25 bits per heavy atom. The Bertz CT molecular complexity index is 621. The van der Waals surface area contributed by atoms with E-state index in [-0.39, 0.29) is 35.7 Å². The van der Waals surface area contributed by atoms with Crippen LogP contribution in [0.3, 0.4) is 0 Å². The van der Waals surface area contributed by atoms with Gasteiger partial charge in [0.15, 0.2) is 15.5 Å². The number of ether oxygens (including phenoxy) is 1. The highest BCUT2D eigenvalue weighted by molar-refractivity contribution is 7.91. The summed E-state index contributed by atoms with van der Waals surface area (Å²) in [6, 6.07) is -0.260. The van der Waals surface area contributed by atoms with Gasteiger partial charge in [-0.3, -0.25) is 0 Å². The Morgan fingerprint density at radius 3 is 2.85 bits per heavy atom. The van der Waals surface area contributed by atoms with E-state index in [4.69, 9.17) is 10.5 Å². The predicted octanol–water partition coefficient (Wildman–Crippen LogP) is 0.700. The lowest BCUT2D eigenvalue weighted by Crippen LogP contribution is -2.28. The Hall–Kier alpha value is -1.57. The molecular formula is C12H19N3O4S. The second-order valence-corrected chi connectivity index (χ2v) is 7.12. The Morgan fingerprint density at radius 1 is 1.55 bits per heavy atom. The molecule has 1 unspecified atom stereocenters. The SMILES string of the molecule is CCOC(=O)c1nc(C)n(C2CCCS(=O)(=O)C2)c1N. The molecule has 1 aromatic rings. The van der Waals surface area contributed by atoms with Crippen molar-refractivity contribution in [1.29, 1.82) is 0 Å². The predicted molar refractivity (Wildman–Crippen MR) is 74.3 cm³/mol. The second-order valence-electron chi connectivity index (χ2n) is 4.89. The number of nitrogen functional groups attached to an aromatic ring is 1. The largest absolute Gasteiger partial charge is 0.461 e. The summed E-state index contributed by atoms with van der Waals surface area (Å²) in [5, 5.41) is 0. The summed E-state index contributed by atoms with van der Waals surface area (Å²) in [6.45, 7) is 3.65. The number of hydrogen-bond acceptors (Lipinski definition) is 6. The third kappa shape index (κ3) is 2.79. The van der Waals surface area contributed by atoms with Crippen molar-refractivity contribution in [2.75, 3.05) is 23.8 Å². The van der Waals surface area contributed by atoms with Crippen molar-refractivity contribution in [2.24, 2.45) is 0 Å². The van der Waals surface area contributed by atoms with Gasteiger partial charge in [0.05, 0.1) is 24.2 Å². The van der Waals surface area contributed by atoms with E-state index >= 15 is 0 Å². The van der Waals surface area contributed by atoms with E-state index in [2.05, 4.69) is 4.98 Å². The minimum absolute atomic E-state index is 0.0384. The number of carbonyl (C=O) groups is 1. The topological polar surface area (TPSA) is 104 Å². The van der Waals surface area contributed by atoms with Crippen LogP contribution in [0.15, 0.2) is 0 Å². The van der Waals surface area contributed by atoms with Crippen LogP contribution in [0.2, 0.25) is 0 Å². The molecule has 0 aromatic carbocycles. The molecule has 7 nitrogen and oxygen atoms in total. The molecule has 8 heteroatoms. The van der Waals surface area contributed by atoms with Gasteiger partial charge >= 0.3 is 5.97 Å². The van der Waals surface area contributed by atoms with Crippen molar-refractivity contribution in [3.8, 4) is 0 Å². The summed E-state index contributed by atoms with van der Waals surface area (Å²) in [5.41, 5.74) is 6.02.